The van der Waals surface area contributed by atoms with Crippen molar-refractivity contribution < 1.29 is 27.8 Å². The standard InChI is InChI=1S/C9H14F3NO3/c1-8(15,6-2-4-13-5-3-6)16-7(14)9(10,11)12/h6,13,15H,2-5H2,1H3/t8-/m0/s1. The molecule has 1 rings (SSSR count). The predicted molar refractivity (Wildman–Crippen MR) is 48.4 cm³/mol. The number of ether oxygens (including phenoxy) is 1. The Morgan fingerprint density at radius 1 is 1.38 bits per heavy atom. The molecule has 1 aliphatic heterocycles. The van der Waals surface area contributed by atoms with E-state index in [9.17, 15) is 23.1 Å². The van der Waals surface area contributed by atoms with E-state index in [1.54, 1.807) is 0 Å². The molecule has 0 aromatic rings. The topological polar surface area (TPSA) is 58.6 Å². The Hall–Kier alpha value is -0.820. The lowest BCUT2D eigenvalue weighted by molar-refractivity contribution is -0.258. The Labute approximate surface area is 90.8 Å². The van der Waals surface area contributed by atoms with Gasteiger partial charge in [0.25, 0.3) is 0 Å². The Morgan fingerprint density at radius 2 is 1.88 bits per heavy atom. The van der Waals surface area contributed by atoms with Crippen molar-refractivity contribution in [3.05, 3.63) is 0 Å². The third-order valence-electron chi connectivity index (χ3n) is 2.63. The maximum Gasteiger partial charge on any atom is 0.491 e. The Bertz CT molecular complexity index is 259. The van der Waals surface area contributed by atoms with Crippen molar-refractivity contribution >= 4 is 5.97 Å². The number of carbonyl (C=O) groups is 1. The quantitative estimate of drug-likeness (QED) is 0.554. The third kappa shape index (κ3) is 3.34. The number of esters is 1. The van der Waals surface area contributed by atoms with E-state index in [0.29, 0.717) is 25.9 Å². The summed E-state index contributed by atoms with van der Waals surface area (Å²) in [5.41, 5.74) is 0. The van der Waals surface area contributed by atoms with Crippen LogP contribution in [0, 0.1) is 5.92 Å². The van der Waals surface area contributed by atoms with Crippen LogP contribution < -0.4 is 5.32 Å². The summed E-state index contributed by atoms with van der Waals surface area (Å²) in [6, 6.07) is 0. The summed E-state index contributed by atoms with van der Waals surface area (Å²) in [7, 11) is 0. The van der Waals surface area contributed by atoms with Crippen LogP contribution in [0.2, 0.25) is 0 Å². The zero-order chi connectivity index (χ0) is 12.4. The molecule has 4 nitrogen and oxygen atoms in total. The van der Waals surface area contributed by atoms with Crippen LogP contribution in [-0.4, -0.2) is 36.1 Å². The van der Waals surface area contributed by atoms with Crippen LogP contribution in [0.4, 0.5) is 13.2 Å². The number of hydrogen-bond acceptors (Lipinski definition) is 4. The lowest BCUT2D eigenvalue weighted by atomic mass is 9.90. The Kier molecular flexibility index (Phi) is 3.80. The van der Waals surface area contributed by atoms with Gasteiger partial charge in [-0.25, -0.2) is 4.79 Å². The number of nitrogens with one attached hydrogen (secondary N) is 1. The monoisotopic (exact) mass is 241 g/mol. The molecular weight excluding hydrogens is 227 g/mol. The highest BCUT2D eigenvalue weighted by molar-refractivity contribution is 5.75. The first-order valence-electron chi connectivity index (χ1n) is 4.97. The summed E-state index contributed by atoms with van der Waals surface area (Å²) in [6.45, 7) is 2.27. The first-order chi connectivity index (χ1) is 7.23. The molecule has 0 aromatic heterocycles. The van der Waals surface area contributed by atoms with Crippen molar-refractivity contribution in [1.82, 2.24) is 5.32 Å². The molecule has 2 N–H and O–H groups in total. The highest BCUT2D eigenvalue weighted by Crippen LogP contribution is 2.29. The van der Waals surface area contributed by atoms with Crippen LogP contribution in [0.1, 0.15) is 19.8 Å². The third-order valence-corrected chi connectivity index (χ3v) is 2.63. The molecule has 94 valence electrons. The second-order valence-electron chi connectivity index (χ2n) is 3.97. The van der Waals surface area contributed by atoms with E-state index in [1.165, 1.54) is 0 Å². The molecule has 1 atom stereocenters. The van der Waals surface area contributed by atoms with Gasteiger partial charge in [-0.3, -0.25) is 0 Å². The van der Waals surface area contributed by atoms with Gasteiger partial charge in [0.15, 0.2) is 0 Å². The van der Waals surface area contributed by atoms with Gasteiger partial charge in [0, 0.05) is 12.8 Å². The van der Waals surface area contributed by atoms with Gasteiger partial charge >= 0.3 is 12.1 Å². The fourth-order valence-corrected chi connectivity index (χ4v) is 1.69. The molecule has 1 heterocycles. The minimum Gasteiger partial charge on any atom is -0.427 e. The molecule has 1 fully saturated rings. The van der Waals surface area contributed by atoms with Crippen LogP contribution in [0.15, 0.2) is 0 Å². The van der Waals surface area contributed by atoms with Crippen LogP contribution in [0.25, 0.3) is 0 Å². The summed E-state index contributed by atoms with van der Waals surface area (Å²) >= 11 is 0. The Morgan fingerprint density at radius 3 is 2.31 bits per heavy atom. The van der Waals surface area contributed by atoms with Crippen molar-refractivity contribution in [3.8, 4) is 0 Å². The maximum absolute atomic E-state index is 11.9. The van der Waals surface area contributed by atoms with E-state index in [0.717, 1.165) is 6.92 Å². The van der Waals surface area contributed by atoms with Crippen LogP contribution in [0.5, 0.6) is 0 Å². The first kappa shape index (κ1) is 13.2. The van der Waals surface area contributed by atoms with Gasteiger partial charge in [0.2, 0.25) is 5.79 Å². The number of alkyl halides is 3. The average molecular weight is 241 g/mol. The van der Waals surface area contributed by atoms with Gasteiger partial charge in [-0.15, -0.1) is 0 Å². The van der Waals surface area contributed by atoms with Gasteiger partial charge in [-0.2, -0.15) is 13.2 Å². The molecule has 0 unspecified atom stereocenters. The van der Waals surface area contributed by atoms with Crippen LogP contribution in [0.3, 0.4) is 0 Å². The fourth-order valence-electron chi connectivity index (χ4n) is 1.69. The number of carbonyl (C=O) groups excluding carboxylic acids is 1. The van der Waals surface area contributed by atoms with Crippen LogP contribution >= 0.6 is 0 Å². The molecule has 0 aliphatic carbocycles. The van der Waals surface area contributed by atoms with Crippen molar-refractivity contribution in [2.75, 3.05) is 13.1 Å². The summed E-state index contributed by atoms with van der Waals surface area (Å²) in [4.78, 5) is 10.6. The summed E-state index contributed by atoms with van der Waals surface area (Å²) in [5, 5.41) is 12.7. The van der Waals surface area contributed by atoms with Crippen LogP contribution in [-0.2, 0) is 9.53 Å². The van der Waals surface area contributed by atoms with E-state index in [1.807, 2.05) is 0 Å². The Balaban J connectivity index is 2.59. The maximum atomic E-state index is 11.9. The molecule has 7 heteroatoms. The molecule has 1 saturated heterocycles. The second-order valence-corrected chi connectivity index (χ2v) is 3.97. The molecule has 1 aliphatic rings. The predicted octanol–water partition coefficient (Wildman–Crippen LogP) is 0.800. The smallest absolute Gasteiger partial charge is 0.427 e. The van der Waals surface area contributed by atoms with E-state index >= 15 is 0 Å². The number of aliphatic hydroxyl groups is 1. The number of rotatable bonds is 2. The minimum absolute atomic E-state index is 0.470. The van der Waals surface area contributed by atoms with E-state index in [4.69, 9.17) is 0 Å². The summed E-state index contributed by atoms with van der Waals surface area (Å²) in [6.07, 6.45) is -4.13. The lowest BCUT2D eigenvalue weighted by Crippen LogP contribution is -2.47. The highest BCUT2D eigenvalue weighted by atomic mass is 19.4. The van der Waals surface area contributed by atoms with Crippen molar-refractivity contribution in [1.29, 1.82) is 0 Å². The first-order valence-corrected chi connectivity index (χ1v) is 4.97. The average Bonchev–Trinajstić information content (AvgIpc) is 2.17. The van der Waals surface area contributed by atoms with Gasteiger partial charge in [0.05, 0.1) is 0 Å². The highest BCUT2D eigenvalue weighted by Gasteiger charge is 2.47. The van der Waals surface area contributed by atoms with Crippen molar-refractivity contribution in [2.45, 2.75) is 31.7 Å². The molecule has 16 heavy (non-hydrogen) atoms. The zero-order valence-corrected chi connectivity index (χ0v) is 8.80. The number of halogens is 3. The molecule has 0 spiro atoms. The van der Waals surface area contributed by atoms with E-state index in [2.05, 4.69) is 10.1 Å². The largest absolute Gasteiger partial charge is 0.491 e. The fraction of sp³-hybridized carbons (Fsp3) is 0.889. The molecule has 0 bridgehead atoms. The van der Waals surface area contributed by atoms with Gasteiger partial charge < -0.3 is 15.2 Å². The summed E-state index contributed by atoms with van der Waals surface area (Å²) in [5.74, 6) is -4.88. The van der Waals surface area contributed by atoms with Gasteiger partial charge in [-0.1, -0.05) is 0 Å². The molecular formula is C9H14F3NO3. The van der Waals surface area contributed by atoms with Crippen molar-refractivity contribution in [2.24, 2.45) is 5.92 Å². The van der Waals surface area contributed by atoms with E-state index in [-0.39, 0.29) is 0 Å². The molecule has 0 radical (unpaired) electrons. The minimum atomic E-state index is -5.07. The number of piperidine rings is 1. The van der Waals surface area contributed by atoms with E-state index < -0.39 is 23.9 Å². The van der Waals surface area contributed by atoms with Gasteiger partial charge in [0.1, 0.15) is 0 Å². The SMILES string of the molecule is C[C@](O)(OC(=O)C(F)(F)F)C1CCNCC1. The van der Waals surface area contributed by atoms with Crippen molar-refractivity contribution in [3.63, 3.8) is 0 Å². The normalized spacial score (nSPS) is 22.6. The number of hydrogen-bond donors (Lipinski definition) is 2. The lowest BCUT2D eigenvalue weighted by Gasteiger charge is -2.35. The van der Waals surface area contributed by atoms with Gasteiger partial charge in [-0.05, 0) is 25.9 Å². The second kappa shape index (κ2) is 4.58. The molecule has 0 aromatic carbocycles. The molecule has 0 saturated carbocycles. The zero-order valence-electron chi connectivity index (χ0n) is 8.80. The summed E-state index contributed by atoms with van der Waals surface area (Å²) < 4.78 is 40.0. The molecule has 0 amide bonds.